The molecule has 0 aromatic rings. The van der Waals surface area contributed by atoms with Gasteiger partial charge in [-0.2, -0.15) is 0 Å². The van der Waals surface area contributed by atoms with E-state index >= 15 is 0 Å². The Morgan fingerprint density at radius 2 is 1.64 bits per heavy atom. The van der Waals surface area contributed by atoms with E-state index in [0.717, 1.165) is 37.0 Å². The number of rotatable bonds is 1. The highest BCUT2D eigenvalue weighted by molar-refractivity contribution is 5.09. The summed E-state index contributed by atoms with van der Waals surface area (Å²) >= 11 is 0. The van der Waals surface area contributed by atoms with E-state index in [9.17, 15) is 10.1 Å². The highest BCUT2D eigenvalue weighted by atomic mass is 16.6. The Bertz CT molecular complexity index is 478. The van der Waals surface area contributed by atoms with Crippen LogP contribution >= 0.6 is 0 Å². The largest absolute Gasteiger partial charge is 0.264 e. The summed E-state index contributed by atoms with van der Waals surface area (Å²) in [4.78, 5) is 11.6. The van der Waals surface area contributed by atoms with Crippen LogP contribution in [0.2, 0.25) is 0 Å². The maximum absolute atomic E-state index is 11.5. The van der Waals surface area contributed by atoms with E-state index in [1.165, 1.54) is 44.9 Å². The Kier molecular flexibility index (Phi) is 3.36. The van der Waals surface area contributed by atoms with Crippen molar-refractivity contribution >= 4 is 0 Å². The second-order valence-corrected chi connectivity index (χ2v) is 9.33. The molecule has 4 aliphatic carbocycles. The molecule has 0 radical (unpaired) electrons. The van der Waals surface area contributed by atoms with Crippen molar-refractivity contribution in [3.05, 3.63) is 10.1 Å². The Morgan fingerprint density at radius 3 is 2.41 bits per heavy atom. The molecule has 0 aromatic carbocycles. The van der Waals surface area contributed by atoms with Crippen molar-refractivity contribution in [1.82, 2.24) is 0 Å². The molecule has 0 bridgehead atoms. The molecule has 22 heavy (non-hydrogen) atoms. The first-order chi connectivity index (χ1) is 10.5. The summed E-state index contributed by atoms with van der Waals surface area (Å²) < 4.78 is 0. The molecule has 0 aromatic heterocycles. The van der Waals surface area contributed by atoms with Gasteiger partial charge in [-0.15, -0.1) is 0 Å². The summed E-state index contributed by atoms with van der Waals surface area (Å²) in [5.74, 6) is 3.21. The van der Waals surface area contributed by atoms with Gasteiger partial charge in [0.15, 0.2) is 0 Å². The summed E-state index contributed by atoms with van der Waals surface area (Å²) in [6.45, 7) is 4.83. The van der Waals surface area contributed by atoms with Crippen molar-refractivity contribution in [2.24, 2.45) is 34.5 Å². The zero-order valence-corrected chi connectivity index (χ0v) is 14.2. The van der Waals surface area contributed by atoms with Crippen LogP contribution in [0, 0.1) is 44.6 Å². The van der Waals surface area contributed by atoms with Crippen molar-refractivity contribution in [2.45, 2.75) is 84.1 Å². The third-order valence-electron chi connectivity index (χ3n) is 8.79. The van der Waals surface area contributed by atoms with Crippen LogP contribution in [0.3, 0.4) is 0 Å². The lowest BCUT2D eigenvalue weighted by atomic mass is 9.45. The first-order valence-electron chi connectivity index (χ1n) is 9.60. The molecule has 4 fully saturated rings. The first kappa shape index (κ1) is 15.0. The van der Waals surface area contributed by atoms with Crippen LogP contribution < -0.4 is 0 Å². The summed E-state index contributed by atoms with van der Waals surface area (Å²) in [5, 5.41) is 11.5. The van der Waals surface area contributed by atoms with Gasteiger partial charge in [-0.25, -0.2) is 0 Å². The second kappa shape index (κ2) is 4.95. The van der Waals surface area contributed by atoms with E-state index in [0.29, 0.717) is 11.3 Å². The van der Waals surface area contributed by atoms with Crippen LogP contribution in [0.25, 0.3) is 0 Å². The van der Waals surface area contributed by atoms with E-state index in [4.69, 9.17) is 0 Å². The molecule has 4 aliphatic rings. The normalized spacial score (nSPS) is 54.2. The fraction of sp³-hybridized carbons (Fsp3) is 1.00. The molecule has 0 amide bonds. The summed E-state index contributed by atoms with van der Waals surface area (Å²) in [5.41, 5.74) is 0.539. The van der Waals surface area contributed by atoms with Crippen LogP contribution in [0.5, 0.6) is 0 Å². The zero-order chi connectivity index (χ0) is 15.5. The highest BCUT2D eigenvalue weighted by Gasteiger charge is 2.62. The van der Waals surface area contributed by atoms with Crippen LogP contribution in [0.15, 0.2) is 0 Å². The molecule has 0 spiro atoms. The predicted octanol–water partition coefficient (Wildman–Crippen LogP) is 5.06. The molecule has 124 valence electrons. The maximum atomic E-state index is 11.5. The number of hydrogen-bond donors (Lipinski definition) is 0. The molecule has 7 atom stereocenters. The summed E-state index contributed by atoms with van der Waals surface area (Å²) in [7, 11) is 0. The number of fused-ring (bicyclic) bond motifs is 5. The van der Waals surface area contributed by atoms with Gasteiger partial charge in [0, 0.05) is 16.8 Å². The van der Waals surface area contributed by atoms with Gasteiger partial charge in [-0.1, -0.05) is 26.7 Å². The lowest BCUT2D eigenvalue weighted by Crippen LogP contribution is -2.54. The third kappa shape index (κ3) is 1.86. The standard InChI is InChI=1S/C19H31NO2/c1-18-11-4-3-5-13(18)6-7-14-15-8-9-17(20(21)22)19(15,2)12-10-16(14)18/h13-17H,3-12H2,1-2H3/t13-,14-,15-,16-,17-,18-,19-/m0/s1. The van der Waals surface area contributed by atoms with Gasteiger partial charge in [-0.3, -0.25) is 10.1 Å². The molecule has 0 N–H and O–H groups in total. The van der Waals surface area contributed by atoms with Crippen LogP contribution in [0.4, 0.5) is 0 Å². The molecule has 3 nitrogen and oxygen atoms in total. The van der Waals surface area contributed by atoms with Crippen LogP contribution in [0.1, 0.15) is 78.1 Å². The van der Waals surface area contributed by atoms with Gasteiger partial charge in [0.05, 0.1) is 0 Å². The number of nitrogens with zero attached hydrogens (tertiary/aromatic N) is 1. The van der Waals surface area contributed by atoms with Gasteiger partial charge >= 0.3 is 0 Å². The smallest absolute Gasteiger partial charge is 0.218 e. The predicted molar refractivity (Wildman–Crippen MR) is 87.1 cm³/mol. The number of nitro groups is 1. The SMILES string of the molecule is C[C@]12CCCC[C@H]1CC[C@@H]1[C@@H]2CC[C@]2(C)[C@@H]([N+](=O)[O-])CC[C@@H]12. The van der Waals surface area contributed by atoms with Crippen molar-refractivity contribution in [3.8, 4) is 0 Å². The Labute approximate surface area is 134 Å². The quantitative estimate of drug-likeness (QED) is 0.501. The average molecular weight is 305 g/mol. The lowest BCUT2D eigenvalue weighted by molar-refractivity contribution is -0.540. The lowest BCUT2D eigenvalue weighted by Gasteiger charge is -2.59. The van der Waals surface area contributed by atoms with Gasteiger partial charge in [0.1, 0.15) is 0 Å². The van der Waals surface area contributed by atoms with Gasteiger partial charge in [0.25, 0.3) is 0 Å². The highest BCUT2D eigenvalue weighted by Crippen LogP contribution is 2.66. The van der Waals surface area contributed by atoms with Crippen molar-refractivity contribution in [1.29, 1.82) is 0 Å². The second-order valence-electron chi connectivity index (χ2n) is 9.33. The fourth-order valence-electron chi connectivity index (χ4n) is 7.61. The van der Waals surface area contributed by atoms with Crippen molar-refractivity contribution < 1.29 is 4.92 Å². The van der Waals surface area contributed by atoms with E-state index in [1.54, 1.807) is 0 Å². The van der Waals surface area contributed by atoms with E-state index < -0.39 is 0 Å². The molecule has 3 heteroatoms. The topological polar surface area (TPSA) is 43.1 Å². The third-order valence-corrected chi connectivity index (χ3v) is 8.79. The molecule has 0 saturated heterocycles. The Morgan fingerprint density at radius 1 is 0.864 bits per heavy atom. The fourth-order valence-corrected chi connectivity index (χ4v) is 7.61. The van der Waals surface area contributed by atoms with Crippen molar-refractivity contribution in [2.75, 3.05) is 0 Å². The molecule has 0 heterocycles. The van der Waals surface area contributed by atoms with E-state index in [2.05, 4.69) is 13.8 Å². The minimum Gasteiger partial charge on any atom is -0.264 e. The van der Waals surface area contributed by atoms with Crippen LogP contribution in [-0.2, 0) is 0 Å². The number of hydrogen-bond acceptors (Lipinski definition) is 2. The summed E-state index contributed by atoms with van der Waals surface area (Å²) in [6, 6.07) is -0.268. The molecular formula is C19H31NO2. The van der Waals surface area contributed by atoms with Gasteiger partial charge in [-0.05, 0) is 74.0 Å². The van der Waals surface area contributed by atoms with Gasteiger partial charge < -0.3 is 0 Å². The van der Waals surface area contributed by atoms with Crippen molar-refractivity contribution in [3.63, 3.8) is 0 Å². The molecule has 4 rings (SSSR count). The molecule has 0 aliphatic heterocycles. The maximum Gasteiger partial charge on any atom is 0.218 e. The van der Waals surface area contributed by atoms with E-state index in [1.807, 2.05) is 0 Å². The molecule has 4 saturated carbocycles. The molecule has 0 unspecified atom stereocenters. The van der Waals surface area contributed by atoms with Crippen LogP contribution in [-0.4, -0.2) is 11.0 Å². The summed E-state index contributed by atoms with van der Waals surface area (Å²) in [6.07, 6.45) is 12.8. The zero-order valence-electron chi connectivity index (χ0n) is 14.2. The monoisotopic (exact) mass is 305 g/mol. The Hall–Kier alpha value is -0.600. The molecular weight excluding hydrogens is 274 g/mol. The first-order valence-corrected chi connectivity index (χ1v) is 9.60. The van der Waals surface area contributed by atoms with Gasteiger partial charge in [0.2, 0.25) is 6.04 Å². The minimum atomic E-state index is -0.268. The Balaban J connectivity index is 1.63. The minimum absolute atomic E-state index is 0.0114. The van der Waals surface area contributed by atoms with E-state index in [-0.39, 0.29) is 16.4 Å². The average Bonchev–Trinajstić information content (AvgIpc) is 2.84.